The zero-order chi connectivity index (χ0) is 14.8. The molecule has 0 aromatic rings. The van der Waals surface area contributed by atoms with Gasteiger partial charge >= 0.3 is 6.09 Å². The highest BCUT2D eigenvalue weighted by Gasteiger charge is 2.33. The molecule has 0 aromatic carbocycles. The van der Waals surface area contributed by atoms with Gasteiger partial charge in [0.1, 0.15) is 5.60 Å². The number of carbonyl (C=O) groups excluding carboxylic acids is 1. The molecule has 2 rings (SSSR count). The van der Waals surface area contributed by atoms with Crippen molar-refractivity contribution in [3.63, 3.8) is 0 Å². The van der Waals surface area contributed by atoms with Gasteiger partial charge in [0.25, 0.3) is 0 Å². The molecule has 1 aliphatic carbocycles. The van der Waals surface area contributed by atoms with Gasteiger partial charge in [0.05, 0.1) is 0 Å². The van der Waals surface area contributed by atoms with Crippen LogP contribution in [0.1, 0.15) is 59.8 Å². The third-order valence-corrected chi connectivity index (χ3v) is 4.52. The Kier molecular flexibility index (Phi) is 4.62. The minimum absolute atomic E-state index is 0.165. The van der Waals surface area contributed by atoms with Gasteiger partial charge in [0.2, 0.25) is 0 Å². The van der Waals surface area contributed by atoms with Gasteiger partial charge in [-0.1, -0.05) is 13.3 Å². The maximum absolute atomic E-state index is 12.0. The number of hydrogen-bond donors (Lipinski definition) is 1. The van der Waals surface area contributed by atoms with Crippen LogP contribution < -0.4 is 5.32 Å². The van der Waals surface area contributed by atoms with Crippen LogP contribution in [-0.2, 0) is 4.74 Å². The minimum atomic E-state index is -0.398. The molecule has 4 nitrogen and oxygen atoms in total. The molecule has 0 radical (unpaired) electrons. The van der Waals surface area contributed by atoms with E-state index in [1.165, 1.54) is 19.3 Å². The van der Waals surface area contributed by atoms with E-state index in [0.717, 1.165) is 32.5 Å². The molecule has 20 heavy (non-hydrogen) atoms. The normalized spacial score (nSPS) is 23.3. The summed E-state index contributed by atoms with van der Waals surface area (Å²) in [6, 6.07) is 0.561. The fourth-order valence-electron chi connectivity index (χ4n) is 2.94. The fraction of sp³-hybridized carbons (Fsp3) is 0.938. The zero-order valence-electron chi connectivity index (χ0n) is 13.5. The van der Waals surface area contributed by atoms with Crippen LogP contribution in [0.2, 0.25) is 0 Å². The van der Waals surface area contributed by atoms with Crippen molar-refractivity contribution >= 4 is 6.09 Å². The molecule has 116 valence electrons. The van der Waals surface area contributed by atoms with Gasteiger partial charge in [-0.15, -0.1) is 0 Å². The Labute approximate surface area is 123 Å². The summed E-state index contributed by atoms with van der Waals surface area (Å²) in [5.41, 5.74) is 0.132. The molecular formula is C16H30N2O2. The van der Waals surface area contributed by atoms with Crippen molar-refractivity contribution in [2.24, 2.45) is 5.41 Å². The van der Waals surface area contributed by atoms with Crippen molar-refractivity contribution < 1.29 is 9.53 Å². The molecule has 0 aromatic heterocycles. The van der Waals surface area contributed by atoms with Gasteiger partial charge in [0, 0.05) is 25.7 Å². The average molecular weight is 282 g/mol. The summed E-state index contributed by atoms with van der Waals surface area (Å²) in [6.45, 7) is 10.9. The third kappa shape index (κ3) is 4.37. The van der Waals surface area contributed by atoms with Crippen LogP contribution in [0.25, 0.3) is 0 Å². The van der Waals surface area contributed by atoms with E-state index in [1.807, 2.05) is 25.7 Å². The number of hydrogen-bond acceptors (Lipinski definition) is 3. The number of piperidine rings is 1. The zero-order valence-corrected chi connectivity index (χ0v) is 13.5. The molecule has 1 amide bonds. The highest BCUT2D eigenvalue weighted by molar-refractivity contribution is 5.68. The molecule has 0 spiro atoms. The second-order valence-corrected chi connectivity index (χ2v) is 7.79. The monoisotopic (exact) mass is 282 g/mol. The summed E-state index contributed by atoms with van der Waals surface area (Å²) in [4.78, 5) is 13.8. The lowest BCUT2D eigenvalue weighted by Crippen LogP contribution is -2.49. The predicted octanol–water partition coefficient (Wildman–Crippen LogP) is 3.17. The number of rotatable bonds is 3. The van der Waals surface area contributed by atoms with Crippen LogP contribution in [0.4, 0.5) is 4.79 Å². The minimum Gasteiger partial charge on any atom is -0.444 e. The first-order chi connectivity index (χ1) is 9.27. The molecule has 1 N–H and O–H groups in total. The first kappa shape index (κ1) is 15.6. The fourth-order valence-corrected chi connectivity index (χ4v) is 2.94. The van der Waals surface area contributed by atoms with Gasteiger partial charge < -0.3 is 15.0 Å². The molecule has 1 saturated heterocycles. The van der Waals surface area contributed by atoms with E-state index in [-0.39, 0.29) is 6.09 Å². The van der Waals surface area contributed by atoms with Crippen LogP contribution in [-0.4, -0.2) is 42.3 Å². The summed E-state index contributed by atoms with van der Waals surface area (Å²) in [7, 11) is 0. The van der Waals surface area contributed by atoms with E-state index < -0.39 is 5.60 Å². The maximum atomic E-state index is 12.0. The highest BCUT2D eigenvalue weighted by Crippen LogP contribution is 2.39. The Morgan fingerprint density at radius 2 is 1.90 bits per heavy atom. The van der Waals surface area contributed by atoms with E-state index in [2.05, 4.69) is 12.2 Å². The molecule has 1 heterocycles. The van der Waals surface area contributed by atoms with Crippen molar-refractivity contribution in [3.05, 3.63) is 0 Å². The number of amides is 1. The standard InChI is InChI=1S/C16H30N2O2/c1-15(2,3)20-14(19)18-10-6-13(7-11-18)17-12-16(4)8-5-9-16/h13,17H,5-12H2,1-4H3. The van der Waals surface area contributed by atoms with Crippen molar-refractivity contribution in [1.29, 1.82) is 0 Å². The van der Waals surface area contributed by atoms with Gasteiger partial charge in [-0.25, -0.2) is 4.79 Å². The summed E-state index contributed by atoms with van der Waals surface area (Å²) < 4.78 is 5.42. The summed E-state index contributed by atoms with van der Waals surface area (Å²) >= 11 is 0. The van der Waals surface area contributed by atoms with Crippen molar-refractivity contribution in [3.8, 4) is 0 Å². The molecule has 0 atom stereocenters. The molecule has 1 aliphatic heterocycles. The number of nitrogens with zero attached hydrogens (tertiary/aromatic N) is 1. The quantitative estimate of drug-likeness (QED) is 0.864. The number of ether oxygens (including phenoxy) is 1. The second-order valence-electron chi connectivity index (χ2n) is 7.79. The van der Waals surface area contributed by atoms with Crippen LogP contribution in [0.5, 0.6) is 0 Å². The van der Waals surface area contributed by atoms with Gasteiger partial charge in [-0.3, -0.25) is 0 Å². The average Bonchev–Trinajstić information content (AvgIpc) is 2.32. The summed E-state index contributed by atoms with van der Waals surface area (Å²) in [5.74, 6) is 0. The number of likely N-dealkylation sites (tertiary alicyclic amines) is 1. The second kappa shape index (κ2) is 5.92. The van der Waals surface area contributed by atoms with Crippen LogP contribution in [0, 0.1) is 5.41 Å². The number of carbonyl (C=O) groups is 1. The van der Waals surface area contributed by atoms with Gasteiger partial charge in [-0.2, -0.15) is 0 Å². The van der Waals surface area contributed by atoms with E-state index in [1.54, 1.807) is 0 Å². The van der Waals surface area contributed by atoms with Crippen molar-refractivity contribution in [2.75, 3.05) is 19.6 Å². The lowest BCUT2D eigenvalue weighted by Gasteiger charge is -2.41. The van der Waals surface area contributed by atoms with Crippen LogP contribution >= 0.6 is 0 Å². The Hall–Kier alpha value is -0.770. The molecular weight excluding hydrogens is 252 g/mol. The number of nitrogens with one attached hydrogen (secondary N) is 1. The lowest BCUT2D eigenvalue weighted by molar-refractivity contribution is 0.0192. The molecule has 0 unspecified atom stereocenters. The smallest absolute Gasteiger partial charge is 0.410 e. The molecule has 2 aliphatic rings. The molecule has 1 saturated carbocycles. The van der Waals surface area contributed by atoms with E-state index in [0.29, 0.717) is 11.5 Å². The Balaban J connectivity index is 1.68. The van der Waals surface area contributed by atoms with Crippen molar-refractivity contribution in [2.45, 2.75) is 71.4 Å². The van der Waals surface area contributed by atoms with E-state index >= 15 is 0 Å². The first-order valence-corrected chi connectivity index (χ1v) is 7.99. The van der Waals surface area contributed by atoms with Crippen molar-refractivity contribution in [1.82, 2.24) is 10.2 Å². The third-order valence-electron chi connectivity index (χ3n) is 4.52. The van der Waals surface area contributed by atoms with E-state index in [9.17, 15) is 4.79 Å². The summed E-state index contributed by atoms with van der Waals surface area (Å²) in [5, 5.41) is 3.69. The molecule has 0 bridgehead atoms. The predicted molar refractivity (Wildman–Crippen MR) is 80.8 cm³/mol. The van der Waals surface area contributed by atoms with Gasteiger partial charge in [-0.05, 0) is 51.9 Å². The Morgan fingerprint density at radius 1 is 1.30 bits per heavy atom. The molecule has 2 fully saturated rings. The SMILES string of the molecule is CC1(CNC2CCN(C(=O)OC(C)(C)C)CC2)CCC1. The van der Waals surface area contributed by atoms with Gasteiger partial charge in [0.15, 0.2) is 0 Å². The Morgan fingerprint density at radius 3 is 2.35 bits per heavy atom. The van der Waals surface area contributed by atoms with E-state index in [4.69, 9.17) is 4.74 Å². The van der Waals surface area contributed by atoms with Crippen LogP contribution in [0.15, 0.2) is 0 Å². The topological polar surface area (TPSA) is 41.6 Å². The summed E-state index contributed by atoms with van der Waals surface area (Å²) in [6.07, 6.45) is 6.01. The Bertz CT molecular complexity index is 337. The highest BCUT2D eigenvalue weighted by atomic mass is 16.6. The molecule has 4 heteroatoms. The lowest BCUT2D eigenvalue weighted by atomic mass is 9.70. The maximum Gasteiger partial charge on any atom is 0.410 e. The van der Waals surface area contributed by atoms with Crippen LogP contribution in [0.3, 0.4) is 0 Å². The largest absolute Gasteiger partial charge is 0.444 e. The first-order valence-electron chi connectivity index (χ1n) is 7.99.